The van der Waals surface area contributed by atoms with Crippen molar-refractivity contribution in [3.63, 3.8) is 0 Å². The zero-order valence-corrected chi connectivity index (χ0v) is 12.7. The molecule has 108 valence electrons. The molecule has 1 atom stereocenters. The van der Waals surface area contributed by atoms with E-state index >= 15 is 0 Å². The van der Waals surface area contributed by atoms with Crippen LogP contribution in [0.2, 0.25) is 0 Å². The van der Waals surface area contributed by atoms with Gasteiger partial charge in [-0.15, -0.1) is 11.3 Å². The number of pyridine rings is 1. The van der Waals surface area contributed by atoms with Gasteiger partial charge in [0, 0.05) is 33.9 Å². The summed E-state index contributed by atoms with van der Waals surface area (Å²) in [5.74, 6) is -0.184. The molecule has 0 saturated carbocycles. The number of aromatic nitrogens is 1. The maximum atomic E-state index is 13.3. The number of nitrogens with zero attached hydrogens (tertiary/aromatic N) is 1. The quantitative estimate of drug-likeness (QED) is 0.758. The summed E-state index contributed by atoms with van der Waals surface area (Å²) in [7, 11) is 0. The van der Waals surface area contributed by atoms with E-state index in [0.717, 1.165) is 28.7 Å². The number of fused-ring (bicyclic) bond motifs is 1. The lowest BCUT2D eigenvalue weighted by Crippen LogP contribution is -2.22. The Morgan fingerprint density at radius 3 is 2.90 bits per heavy atom. The zero-order chi connectivity index (χ0) is 14.7. The smallest absolute Gasteiger partial charge is 0.123 e. The Bertz CT molecular complexity index is 724. The third-order valence-electron chi connectivity index (χ3n) is 3.43. The monoisotopic (exact) mass is 300 g/mol. The van der Waals surface area contributed by atoms with Crippen LogP contribution in [0.25, 0.3) is 10.1 Å². The topological polar surface area (TPSA) is 24.9 Å². The maximum Gasteiger partial charge on any atom is 0.123 e. The Labute approximate surface area is 127 Å². The van der Waals surface area contributed by atoms with Gasteiger partial charge >= 0.3 is 0 Å². The molecule has 1 N–H and O–H groups in total. The van der Waals surface area contributed by atoms with E-state index in [1.54, 1.807) is 17.4 Å². The van der Waals surface area contributed by atoms with E-state index in [1.807, 2.05) is 30.5 Å². The van der Waals surface area contributed by atoms with Gasteiger partial charge in [0.05, 0.1) is 0 Å². The van der Waals surface area contributed by atoms with E-state index in [2.05, 4.69) is 23.3 Å². The molecule has 1 unspecified atom stereocenters. The molecule has 0 aliphatic rings. The van der Waals surface area contributed by atoms with Crippen LogP contribution in [0.3, 0.4) is 0 Å². The largest absolute Gasteiger partial charge is 0.309 e. The highest BCUT2D eigenvalue weighted by atomic mass is 32.1. The molecular weight excluding hydrogens is 283 g/mol. The predicted molar refractivity (Wildman–Crippen MR) is 86.1 cm³/mol. The second-order valence-electron chi connectivity index (χ2n) is 4.97. The molecular formula is C17H17FN2S. The van der Waals surface area contributed by atoms with Crippen molar-refractivity contribution in [2.45, 2.75) is 19.4 Å². The SMILES string of the molecule is CCNC(Cc1ccccn1)c1cc2cc(F)ccc2s1. The van der Waals surface area contributed by atoms with Crippen LogP contribution in [0.1, 0.15) is 23.5 Å². The molecule has 0 saturated heterocycles. The van der Waals surface area contributed by atoms with Crippen LogP contribution in [0.15, 0.2) is 48.7 Å². The first-order valence-corrected chi connectivity index (χ1v) is 7.90. The lowest BCUT2D eigenvalue weighted by atomic mass is 10.1. The minimum absolute atomic E-state index is 0.184. The lowest BCUT2D eigenvalue weighted by molar-refractivity contribution is 0.552. The molecule has 2 heterocycles. The first-order chi connectivity index (χ1) is 10.3. The van der Waals surface area contributed by atoms with Gasteiger partial charge in [-0.1, -0.05) is 13.0 Å². The van der Waals surface area contributed by atoms with Gasteiger partial charge in [0.25, 0.3) is 0 Å². The number of halogens is 1. The van der Waals surface area contributed by atoms with Gasteiger partial charge in [-0.3, -0.25) is 4.98 Å². The van der Waals surface area contributed by atoms with Crippen LogP contribution in [0.4, 0.5) is 4.39 Å². The standard InChI is InChI=1S/C17H17FN2S/c1-2-19-15(11-14-5-3-4-8-20-14)17-10-12-9-13(18)6-7-16(12)21-17/h3-10,15,19H,2,11H2,1H3. The number of likely N-dealkylation sites (N-methyl/N-ethyl adjacent to an activating group) is 1. The third kappa shape index (κ3) is 3.28. The molecule has 0 spiro atoms. The highest BCUT2D eigenvalue weighted by Gasteiger charge is 2.15. The second kappa shape index (κ2) is 6.33. The molecule has 0 radical (unpaired) electrons. The van der Waals surface area contributed by atoms with Crippen LogP contribution < -0.4 is 5.32 Å². The molecule has 0 fully saturated rings. The molecule has 2 aromatic heterocycles. The summed E-state index contributed by atoms with van der Waals surface area (Å²) in [6.45, 7) is 2.98. The Morgan fingerprint density at radius 1 is 1.24 bits per heavy atom. The van der Waals surface area contributed by atoms with Gasteiger partial charge in [0.15, 0.2) is 0 Å². The second-order valence-corrected chi connectivity index (χ2v) is 6.08. The third-order valence-corrected chi connectivity index (χ3v) is 4.66. The van der Waals surface area contributed by atoms with Gasteiger partial charge in [0.2, 0.25) is 0 Å². The van der Waals surface area contributed by atoms with Gasteiger partial charge < -0.3 is 5.32 Å². The van der Waals surface area contributed by atoms with Crippen molar-refractivity contribution in [3.8, 4) is 0 Å². The number of nitrogens with one attached hydrogen (secondary N) is 1. The average molecular weight is 300 g/mol. The Balaban J connectivity index is 1.91. The van der Waals surface area contributed by atoms with Crippen LogP contribution in [0, 0.1) is 5.82 Å². The number of rotatable bonds is 5. The molecule has 4 heteroatoms. The first-order valence-electron chi connectivity index (χ1n) is 7.08. The van der Waals surface area contributed by atoms with Crippen LogP contribution in [-0.4, -0.2) is 11.5 Å². The van der Waals surface area contributed by atoms with Crippen LogP contribution >= 0.6 is 11.3 Å². The molecule has 1 aromatic carbocycles. The van der Waals surface area contributed by atoms with E-state index in [1.165, 1.54) is 10.9 Å². The molecule has 21 heavy (non-hydrogen) atoms. The van der Waals surface area contributed by atoms with Gasteiger partial charge in [0.1, 0.15) is 5.82 Å². The lowest BCUT2D eigenvalue weighted by Gasteiger charge is -2.15. The normalized spacial score (nSPS) is 12.7. The van der Waals surface area contributed by atoms with E-state index in [0.29, 0.717) is 0 Å². The maximum absolute atomic E-state index is 13.3. The van der Waals surface area contributed by atoms with Crippen molar-refractivity contribution in [2.75, 3.05) is 6.54 Å². The van der Waals surface area contributed by atoms with Gasteiger partial charge in [-0.05, 0) is 48.3 Å². The Morgan fingerprint density at radius 2 is 2.14 bits per heavy atom. The van der Waals surface area contributed by atoms with E-state index in [9.17, 15) is 4.39 Å². The van der Waals surface area contributed by atoms with Crippen molar-refractivity contribution in [1.29, 1.82) is 0 Å². The Hall–Kier alpha value is -1.78. The predicted octanol–water partition coefficient (Wildman–Crippen LogP) is 4.33. The molecule has 3 rings (SSSR count). The fourth-order valence-corrected chi connectivity index (χ4v) is 3.57. The van der Waals surface area contributed by atoms with Crippen molar-refractivity contribution in [2.24, 2.45) is 0 Å². The molecule has 0 bridgehead atoms. The number of thiophene rings is 1. The van der Waals surface area contributed by atoms with Gasteiger partial charge in [-0.2, -0.15) is 0 Å². The van der Waals surface area contributed by atoms with Crippen molar-refractivity contribution in [1.82, 2.24) is 10.3 Å². The highest BCUT2D eigenvalue weighted by molar-refractivity contribution is 7.19. The first kappa shape index (κ1) is 14.2. The Kier molecular flexibility index (Phi) is 4.27. The van der Waals surface area contributed by atoms with Crippen molar-refractivity contribution < 1.29 is 4.39 Å². The fraction of sp³-hybridized carbons (Fsp3) is 0.235. The van der Waals surface area contributed by atoms with E-state index in [-0.39, 0.29) is 11.9 Å². The summed E-state index contributed by atoms with van der Waals surface area (Å²) in [4.78, 5) is 5.62. The molecule has 0 amide bonds. The van der Waals surface area contributed by atoms with Crippen molar-refractivity contribution in [3.05, 3.63) is 65.0 Å². The number of benzene rings is 1. The van der Waals surface area contributed by atoms with Crippen LogP contribution in [0.5, 0.6) is 0 Å². The van der Waals surface area contributed by atoms with Crippen molar-refractivity contribution >= 4 is 21.4 Å². The summed E-state index contributed by atoms with van der Waals surface area (Å²) in [6.07, 6.45) is 2.66. The number of hydrogen-bond donors (Lipinski definition) is 1. The summed E-state index contributed by atoms with van der Waals surface area (Å²) < 4.78 is 14.4. The summed E-state index contributed by atoms with van der Waals surface area (Å²) >= 11 is 1.72. The van der Waals surface area contributed by atoms with E-state index in [4.69, 9.17) is 0 Å². The minimum atomic E-state index is -0.184. The molecule has 2 nitrogen and oxygen atoms in total. The fourth-order valence-electron chi connectivity index (χ4n) is 2.45. The summed E-state index contributed by atoms with van der Waals surface area (Å²) in [6, 6.07) is 13.2. The number of hydrogen-bond acceptors (Lipinski definition) is 3. The average Bonchev–Trinajstić information content (AvgIpc) is 2.91. The van der Waals surface area contributed by atoms with Crippen LogP contribution in [-0.2, 0) is 6.42 Å². The zero-order valence-electron chi connectivity index (χ0n) is 11.8. The van der Waals surface area contributed by atoms with E-state index < -0.39 is 0 Å². The minimum Gasteiger partial charge on any atom is -0.309 e. The summed E-state index contributed by atoms with van der Waals surface area (Å²) in [5.41, 5.74) is 1.06. The molecule has 0 aliphatic carbocycles. The highest BCUT2D eigenvalue weighted by Crippen LogP contribution is 2.31. The van der Waals surface area contributed by atoms with Gasteiger partial charge in [-0.25, -0.2) is 4.39 Å². The summed E-state index contributed by atoms with van der Waals surface area (Å²) in [5, 5.41) is 4.47. The molecule has 0 aliphatic heterocycles. The molecule has 3 aromatic rings.